The number of ether oxygens (including phenoxy) is 3. The van der Waals surface area contributed by atoms with Gasteiger partial charge in [-0.3, -0.25) is 9.59 Å². The van der Waals surface area contributed by atoms with Crippen LogP contribution in [0.1, 0.15) is 50.6 Å². The number of carbonyl (C=O) groups excluding carboxylic acids is 2. The van der Waals surface area contributed by atoms with Crippen LogP contribution in [-0.2, 0) is 17.6 Å². The molecule has 8 bridgehead atoms. The Kier molecular flexibility index (Phi) is 7.92. The fourth-order valence-electron chi connectivity index (χ4n) is 5.79. The lowest BCUT2D eigenvalue weighted by Gasteiger charge is -2.38. The van der Waals surface area contributed by atoms with Gasteiger partial charge in [0.15, 0.2) is 11.5 Å². The Morgan fingerprint density at radius 1 is 1.05 bits per heavy atom. The molecule has 2 amide bonds. The van der Waals surface area contributed by atoms with Crippen LogP contribution < -0.4 is 19.5 Å². The molecule has 1 atom stereocenters. The smallest absolute Gasteiger partial charge is 0.255 e. The van der Waals surface area contributed by atoms with Crippen molar-refractivity contribution in [1.82, 2.24) is 10.2 Å². The van der Waals surface area contributed by atoms with Gasteiger partial charge in [-0.25, -0.2) is 0 Å². The van der Waals surface area contributed by atoms with E-state index in [0.29, 0.717) is 62.0 Å². The molecular weight excluding hydrogens is 544 g/mol. The highest BCUT2D eigenvalue weighted by Gasteiger charge is 2.34. The number of rotatable bonds is 3. The van der Waals surface area contributed by atoms with Crippen molar-refractivity contribution in [3.8, 4) is 28.7 Å². The second-order valence-electron chi connectivity index (χ2n) is 10.9. The van der Waals surface area contributed by atoms with Gasteiger partial charge in [-0.15, -0.1) is 0 Å². The number of methoxy groups -OCH3 is 1. The summed E-state index contributed by atoms with van der Waals surface area (Å²) in [5.74, 6) is 1.55. The van der Waals surface area contributed by atoms with E-state index in [0.717, 1.165) is 27.8 Å². The molecule has 0 saturated carbocycles. The summed E-state index contributed by atoms with van der Waals surface area (Å²) in [4.78, 5) is 28.7. The summed E-state index contributed by atoms with van der Waals surface area (Å²) in [5.41, 5.74) is 5.14. The summed E-state index contributed by atoms with van der Waals surface area (Å²) in [6.45, 7) is 3.31. The molecule has 4 aromatic rings. The molecule has 43 heavy (non-hydrogen) atoms. The Morgan fingerprint density at radius 2 is 1.91 bits per heavy atom. The lowest BCUT2D eigenvalue weighted by Crippen LogP contribution is -2.41. The van der Waals surface area contributed by atoms with Gasteiger partial charge in [0.05, 0.1) is 31.7 Å². The van der Waals surface area contributed by atoms with Crippen molar-refractivity contribution in [1.29, 1.82) is 0 Å². The SMILES string of the molecule is COc1cc2c3cc1Oc1ccc(O)c(c1)C(=O)NCCCOc1cccc(c1)C2N(C(=O)Cc1ccccc1C)CC3. The quantitative estimate of drug-likeness (QED) is 0.322. The van der Waals surface area contributed by atoms with Crippen LogP contribution in [0.25, 0.3) is 0 Å². The summed E-state index contributed by atoms with van der Waals surface area (Å²) < 4.78 is 18.1. The first-order valence-corrected chi connectivity index (χ1v) is 14.5. The second kappa shape index (κ2) is 12.1. The number of amides is 2. The number of phenols is 1. The molecule has 3 aliphatic heterocycles. The highest BCUT2D eigenvalue weighted by molar-refractivity contribution is 5.97. The van der Waals surface area contributed by atoms with Gasteiger partial charge in [-0.05, 0) is 90.0 Å². The van der Waals surface area contributed by atoms with E-state index in [4.69, 9.17) is 14.2 Å². The van der Waals surface area contributed by atoms with Gasteiger partial charge in [-0.1, -0.05) is 36.4 Å². The predicted molar refractivity (Wildman–Crippen MR) is 162 cm³/mol. The Bertz CT molecular complexity index is 1680. The number of nitrogens with one attached hydrogen (secondary N) is 1. The molecule has 0 saturated heterocycles. The molecule has 3 heterocycles. The maximum Gasteiger partial charge on any atom is 0.255 e. The van der Waals surface area contributed by atoms with E-state index in [1.807, 2.05) is 72.5 Å². The fraction of sp³-hybridized carbons (Fsp3) is 0.257. The molecule has 0 fully saturated rings. The van der Waals surface area contributed by atoms with Crippen LogP contribution in [-0.4, -0.2) is 48.6 Å². The Labute approximate surface area is 250 Å². The zero-order valence-corrected chi connectivity index (χ0v) is 24.3. The van der Waals surface area contributed by atoms with Crippen LogP contribution >= 0.6 is 0 Å². The van der Waals surface area contributed by atoms with Crippen molar-refractivity contribution in [2.75, 3.05) is 26.8 Å². The van der Waals surface area contributed by atoms with E-state index in [9.17, 15) is 14.7 Å². The number of aromatic hydroxyl groups is 1. The standard InChI is InChI=1S/C35H34N2O6/c1-22-7-3-4-8-23(22)19-33(39)37-15-13-24-18-32-31(41-2)21-28(24)34(37)25-9-5-10-26(17-25)42-16-6-14-36-35(40)29-20-27(43-32)11-12-30(29)38/h3-5,7-12,17-18,20-21,34,38H,6,13-16,19H2,1-2H3,(H,36,40). The predicted octanol–water partition coefficient (Wildman–Crippen LogP) is 5.73. The lowest BCUT2D eigenvalue weighted by molar-refractivity contribution is -0.132. The molecule has 4 aromatic carbocycles. The maximum absolute atomic E-state index is 13.9. The van der Waals surface area contributed by atoms with Gasteiger partial charge in [0.1, 0.15) is 17.2 Å². The van der Waals surface area contributed by atoms with Gasteiger partial charge in [-0.2, -0.15) is 0 Å². The molecule has 0 aromatic heterocycles. The highest BCUT2D eigenvalue weighted by atomic mass is 16.5. The summed E-state index contributed by atoms with van der Waals surface area (Å²) in [6, 6.07) is 23.9. The average Bonchev–Trinajstić information content (AvgIpc) is 3.01. The number of aryl methyl sites for hydroxylation is 1. The summed E-state index contributed by atoms with van der Waals surface area (Å²) in [7, 11) is 1.57. The first-order chi connectivity index (χ1) is 20.9. The second-order valence-corrected chi connectivity index (χ2v) is 10.9. The summed E-state index contributed by atoms with van der Waals surface area (Å²) in [5, 5.41) is 13.2. The minimum atomic E-state index is -0.401. The number of hydrogen-bond donors (Lipinski definition) is 2. The Hall–Kier alpha value is -4.98. The van der Waals surface area contributed by atoms with Gasteiger partial charge in [0.2, 0.25) is 5.91 Å². The van der Waals surface area contributed by atoms with Crippen molar-refractivity contribution in [2.24, 2.45) is 0 Å². The fourth-order valence-corrected chi connectivity index (χ4v) is 5.79. The number of phenolic OH excluding ortho intramolecular Hbond substituents is 1. The first-order valence-electron chi connectivity index (χ1n) is 14.5. The normalized spacial score (nSPS) is 16.3. The third-order valence-electron chi connectivity index (χ3n) is 8.07. The average molecular weight is 579 g/mol. The zero-order valence-electron chi connectivity index (χ0n) is 24.3. The van der Waals surface area contributed by atoms with E-state index < -0.39 is 5.91 Å². The molecular formula is C35H34N2O6. The van der Waals surface area contributed by atoms with Crippen molar-refractivity contribution >= 4 is 11.8 Å². The number of hydrogen-bond acceptors (Lipinski definition) is 6. The van der Waals surface area contributed by atoms with E-state index in [1.165, 1.54) is 12.1 Å². The maximum atomic E-state index is 13.9. The summed E-state index contributed by atoms with van der Waals surface area (Å²) in [6.07, 6.45) is 1.51. The monoisotopic (exact) mass is 578 g/mol. The molecule has 1 unspecified atom stereocenters. The third kappa shape index (κ3) is 5.86. The lowest BCUT2D eigenvalue weighted by atomic mass is 9.87. The van der Waals surface area contributed by atoms with Crippen molar-refractivity contribution in [3.63, 3.8) is 0 Å². The van der Waals surface area contributed by atoms with Gasteiger partial charge < -0.3 is 29.5 Å². The van der Waals surface area contributed by atoms with E-state index in [1.54, 1.807) is 13.2 Å². The Balaban J connectivity index is 1.45. The minimum Gasteiger partial charge on any atom is -0.507 e. The molecule has 0 aliphatic carbocycles. The molecule has 0 radical (unpaired) electrons. The topological polar surface area (TPSA) is 97.3 Å². The largest absolute Gasteiger partial charge is 0.507 e. The molecule has 8 heteroatoms. The van der Waals surface area contributed by atoms with Crippen molar-refractivity contribution in [3.05, 3.63) is 112 Å². The molecule has 8 nitrogen and oxygen atoms in total. The number of carbonyl (C=O) groups is 2. The molecule has 2 N–H and O–H groups in total. The molecule has 220 valence electrons. The van der Waals surface area contributed by atoms with Crippen LogP contribution in [0, 0.1) is 6.92 Å². The van der Waals surface area contributed by atoms with Crippen LogP contribution in [0.4, 0.5) is 0 Å². The third-order valence-corrected chi connectivity index (χ3v) is 8.07. The van der Waals surface area contributed by atoms with Crippen LogP contribution in [0.3, 0.4) is 0 Å². The van der Waals surface area contributed by atoms with E-state index >= 15 is 0 Å². The molecule has 3 aliphatic rings. The van der Waals surface area contributed by atoms with Gasteiger partial charge in [0, 0.05) is 13.1 Å². The minimum absolute atomic E-state index is 0.0464. The number of benzene rings is 4. The van der Waals surface area contributed by atoms with E-state index in [2.05, 4.69) is 5.32 Å². The number of fused-ring (bicyclic) bond motifs is 6. The Morgan fingerprint density at radius 3 is 2.74 bits per heavy atom. The first kappa shape index (κ1) is 28.2. The van der Waals surface area contributed by atoms with Crippen LogP contribution in [0.15, 0.2) is 78.9 Å². The highest BCUT2D eigenvalue weighted by Crippen LogP contribution is 2.43. The molecule has 0 spiro atoms. The molecule has 7 rings (SSSR count). The van der Waals surface area contributed by atoms with Gasteiger partial charge in [0.25, 0.3) is 5.91 Å². The van der Waals surface area contributed by atoms with Crippen LogP contribution in [0.2, 0.25) is 0 Å². The number of nitrogens with zero attached hydrogens (tertiary/aromatic N) is 1. The van der Waals surface area contributed by atoms with Crippen molar-refractivity contribution in [2.45, 2.75) is 32.2 Å². The van der Waals surface area contributed by atoms with E-state index in [-0.39, 0.29) is 23.3 Å². The zero-order chi connectivity index (χ0) is 29.9. The summed E-state index contributed by atoms with van der Waals surface area (Å²) >= 11 is 0. The van der Waals surface area contributed by atoms with Crippen molar-refractivity contribution < 1.29 is 28.9 Å². The van der Waals surface area contributed by atoms with Gasteiger partial charge >= 0.3 is 0 Å². The van der Waals surface area contributed by atoms with Crippen LogP contribution in [0.5, 0.6) is 28.7 Å².